The normalized spacial score (nSPS) is 30.0. The van der Waals surface area contributed by atoms with Crippen LogP contribution in [0.15, 0.2) is 11.6 Å². The molecule has 0 saturated heterocycles. The van der Waals surface area contributed by atoms with E-state index in [4.69, 9.17) is 0 Å². The van der Waals surface area contributed by atoms with Gasteiger partial charge in [-0.1, -0.05) is 6.08 Å². The third-order valence-corrected chi connectivity index (χ3v) is 2.27. The Morgan fingerprint density at radius 3 is 2.60 bits per heavy atom. The molecule has 0 aromatic heterocycles. The van der Waals surface area contributed by atoms with E-state index in [1.54, 1.807) is 0 Å². The first kappa shape index (κ1) is 6.14. The van der Waals surface area contributed by atoms with Crippen molar-refractivity contribution in [2.45, 2.75) is 32.1 Å². The van der Waals surface area contributed by atoms with Gasteiger partial charge in [0.05, 0.1) is 0 Å². The standard InChI is InChI=1S/C9H12O/c10-9-3-1-2-8(9)6-7-4-5-7/h6-7H,1-5H2. The number of hydrogen-bond acceptors (Lipinski definition) is 1. The minimum Gasteiger partial charge on any atom is -0.295 e. The third kappa shape index (κ3) is 1.13. The Balaban J connectivity index is 2.07. The fourth-order valence-electron chi connectivity index (χ4n) is 1.46. The van der Waals surface area contributed by atoms with Gasteiger partial charge in [0.1, 0.15) is 0 Å². The molecule has 0 aliphatic heterocycles. The number of Topliss-reactive ketones (excluding diaryl/α,β-unsaturated/α-hetero) is 1. The molecule has 0 N–H and O–H groups in total. The zero-order valence-electron chi connectivity index (χ0n) is 6.10. The van der Waals surface area contributed by atoms with Crippen LogP contribution in [0.3, 0.4) is 0 Å². The Labute approximate surface area is 61.1 Å². The molecule has 2 aliphatic carbocycles. The van der Waals surface area contributed by atoms with E-state index in [-0.39, 0.29) is 0 Å². The maximum atomic E-state index is 11.1. The highest BCUT2D eigenvalue weighted by atomic mass is 16.1. The van der Waals surface area contributed by atoms with Crippen LogP contribution in [-0.2, 0) is 4.79 Å². The predicted molar refractivity (Wildman–Crippen MR) is 39.7 cm³/mol. The van der Waals surface area contributed by atoms with Gasteiger partial charge in [-0.25, -0.2) is 0 Å². The highest BCUT2D eigenvalue weighted by Crippen LogP contribution is 2.34. The minimum absolute atomic E-state index is 0.409. The first-order valence-corrected chi connectivity index (χ1v) is 4.10. The number of carbonyl (C=O) groups excluding carboxylic acids is 1. The lowest BCUT2D eigenvalue weighted by Crippen LogP contribution is -1.91. The van der Waals surface area contributed by atoms with Crippen molar-refractivity contribution >= 4 is 5.78 Å². The smallest absolute Gasteiger partial charge is 0.158 e. The number of allylic oxidation sites excluding steroid dienone is 2. The molecule has 1 heteroatoms. The van der Waals surface area contributed by atoms with E-state index in [0.717, 1.165) is 30.8 Å². The highest BCUT2D eigenvalue weighted by molar-refractivity contribution is 5.97. The second kappa shape index (κ2) is 2.22. The number of carbonyl (C=O) groups is 1. The van der Waals surface area contributed by atoms with Gasteiger partial charge in [0.25, 0.3) is 0 Å². The van der Waals surface area contributed by atoms with Gasteiger partial charge in [-0.2, -0.15) is 0 Å². The summed E-state index contributed by atoms with van der Waals surface area (Å²) in [6, 6.07) is 0. The van der Waals surface area contributed by atoms with Crippen LogP contribution in [0.25, 0.3) is 0 Å². The van der Waals surface area contributed by atoms with Crippen molar-refractivity contribution in [3.05, 3.63) is 11.6 Å². The number of rotatable bonds is 1. The van der Waals surface area contributed by atoms with Crippen LogP contribution in [0.2, 0.25) is 0 Å². The van der Waals surface area contributed by atoms with Crippen LogP contribution in [0, 0.1) is 5.92 Å². The lowest BCUT2D eigenvalue weighted by molar-refractivity contribution is -0.114. The predicted octanol–water partition coefficient (Wildman–Crippen LogP) is 2.08. The molecule has 54 valence electrons. The molecule has 10 heavy (non-hydrogen) atoms. The average Bonchev–Trinajstić information content (AvgIpc) is 2.62. The lowest BCUT2D eigenvalue weighted by Gasteiger charge is -1.90. The Kier molecular flexibility index (Phi) is 1.37. The van der Waals surface area contributed by atoms with E-state index in [1.807, 2.05) is 0 Å². The van der Waals surface area contributed by atoms with Gasteiger partial charge < -0.3 is 0 Å². The third-order valence-electron chi connectivity index (χ3n) is 2.27. The topological polar surface area (TPSA) is 17.1 Å². The summed E-state index contributed by atoms with van der Waals surface area (Å²) in [6.07, 6.45) is 7.79. The Bertz CT molecular complexity index is 187. The van der Waals surface area contributed by atoms with E-state index in [0.29, 0.717) is 5.78 Å². The van der Waals surface area contributed by atoms with Gasteiger partial charge in [-0.15, -0.1) is 0 Å². The molecule has 2 saturated carbocycles. The van der Waals surface area contributed by atoms with Crippen LogP contribution >= 0.6 is 0 Å². The zero-order chi connectivity index (χ0) is 6.97. The van der Waals surface area contributed by atoms with Crippen molar-refractivity contribution in [1.29, 1.82) is 0 Å². The molecule has 2 fully saturated rings. The fraction of sp³-hybridized carbons (Fsp3) is 0.667. The van der Waals surface area contributed by atoms with Crippen molar-refractivity contribution in [2.24, 2.45) is 5.92 Å². The summed E-state index contributed by atoms with van der Waals surface area (Å²) in [6.45, 7) is 0. The molecule has 0 bridgehead atoms. The van der Waals surface area contributed by atoms with Gasteiger partial charge in [0.15, 0.2) is 5.78 Å². The van der Waals surface area contributed by atoms with Gasteiger partial charge in [0, 0.05) is 6.42 Å². The van der Waals surface area contributed by atoms with Crippen LogP contribution in [-0.4, -0.2) is 5.78 Å². The highest BCUT2D eigenvalue weighted by Gasteiger charge is 2.23. The van der Waals surface area contributed by atoms with Gasteiger partial charge in [-0.05, 0) is 37.2 Å². The van der Waals surface area contributed by atoms with Crippen LogP contribution < -0.4 is 0 Å². The van der Waals surface area contributed by atoms with Crippen molar-refractivity contribution in [1.82, 2.24) is 0 Å². The maximum Gasteiger partial charge on any atom is 0.158 e. The zero-order valence-corrected chi connectivity index (χ0v) is 6.10. The van der Waals surface area contributed by atoms with Crippen molar-refractivity contribution < 1.29 is 4.79 Å². The van der Waals surface area contributed by atoms with E-state index in [2.05, 4.69) is 6.08 Å². The van der Waals surface area contributed by atoms with Crippen molar-refractivity contribution in [3.8, 4) is 0 Å². The second-order valence-electron chi connectivity index (χ2n) is 3.31. The lowest BCUT2D eigenvalue weighted by atomic mass is 10.2. The SMILES string of the molecule is O=C1CCCC1=CC1CC1. The average molecular weight is 136 g/mol. The molecule has 1 nitrogen and oxygen atoms in total. The van der Waals surface area contributed by atoms with E-state index >= 15 is 0 Å². The Morgan fingerprint density at radius 1 is 1.30 bits per heavy atom. The summed E-state index contributed by atoms with van der Waals surface area (Å²) in [4.78, 5) is 11.1. The number of hydrogen-bond donors (Lipinski definition) is 0. The molecular weight excluding hydrogens is 124 g/mol. The van der Waals surface area contributed by atoms with E-state index < -0.39 is 0 Å². The van der Waals surface area contributed by atoms with Crippen LogP contribution in [0.4, 0.5) is 0 Å². The summed E-state index contributed by atoms with van der Waals surface area (Å²) in [5, 5.41) is 0. The Morgan fingerprint density at radius 2 is 2.10 bits per heavy atom. The summed E-state index contributed by atoms with van der Waals surface area (Å²) in [7, 11) is 0. The molecular formula is C9H12O. The summed E-state index contributed by atoms with van der Waals surface area (Å²) >= 11 is 0. The molecule has 0 radical (unpaired) electrons. The molecule has 2 rings (SSSR count). The molecule has 0 aromatic rings. The van der Waals surface area contributed by atoms with Crippen molar-refractivity contribution in [2.75, 3.05) is 0 Å². The largest absolute Gasteiger partial charge is 0.295 e. The fourth-order valence-corrected chi connectivity index (χ4v) is 1.46. The molecule has 0 amide bonds. The minimum atomic E-state index is 0.409. The molecule has 0 heterocycles. The molecule has 0 atom stereocenters. The summed E-state index contributed by atoms with van der Waals surface area (Å²) in [5.74, 6) is 1.18. The first-order valence-electron chi connectivity index (χ1n) is 4.10. The van der Waals surface area contributed by atoms with Crippen LogP contribution in [0.5, 0.6) is 0 Å². The van der Waals surface area contributed by atoms with E-state index in [1.165, 1.54) is 12.8 Å². The quantitative estimate of drug-likeness (QED) is 0.504. The van der Waals surface area contributed by atoms with Crippen molar-refractivity contribution in [3.63, 3.8) is 0 Å². The first-order chi connectivity index (χ1) is 4.86. The summed E-state index contributed by atoms with van der Waals surface area (Å²) in [5.41, 5.74) is 1.13. The van der Waals surface area contributed by atoms with E-state index in [9.17, 15) is 4.79 Å². The molecule has 0 unspecified atom stereocenters. The second-order valence-corrected chi connectivity index (χ2v) is 3.31. The van der Waals surface area contributed by atoms with Gasteiger partial charge >= 0.3 is 0 Å². The molecule has 0 aromatic carbocycles. The Hall–Kier alpha value is -0.590. The number of ketones is 1. The van der Waals surface area contributed by atoms with Crippen LogP contribution in [0.1, 0.15) is 32.1 Å². The van der Waals surface area contributed by atoms with Gasteiger partial charge in [-0.3, -0.25) is 4.79 Å². The van der Waals surface area contributed by atoms with Gasteiger partial charge in [0.2, 0.25) is 0 Å². The monoisotopic (exact) mass is 136 g/mol. The maximum absolute atomic E-state index is 11.1. The molecule has 2 aliphatic rings. The summed E-state index contributed by atoms with van der Waals surface area (Å²) < 4.78 is 0. The molecule has 0 spiro atoms.